The van der Waals surface area contributed by atoms with Crippen molar-refractivity contribution in [1.82, 2.24) is 4.57 Å². The molecule has 0 unspecified atom stereocenters. The van der Waals surface area contributed by atoms with Crippen LogP contribution in [-0.4, -0.2) is 38.0 Å². The summed E-state index contributed by atoms with van der Waals surface area (Å²) in [5.74, 6) is 1.15. The lowest BCUT2D eigenvalue weighted by molar-refractivity contribution is -0.138. The SMILES string of the molecule is C=CCOc1ccc(/C=c2\sc3n(c2=O)[C@@H](c2ccc(OC)c(OC)c2)C(C(=O)OCC)=C(c2ccccc2)N=3)cc1. The number of ether oxygens (including phenoxy) is 4. The number of methoxy groups -OCH3 is 2. The number of thiazole rings is 1. The van der Waals surface area contributed by atoms with Gasteiger partial charge < -0.3 is 18.9 Å². The van der Waals surface area contributed by atoms with Gasteiger partial charge in [-0.2, -0.15) is 0 Å². The topological polar surface area (TPSA) is 88.3 Å². The predicted molar refractivity (Wildman–Crippen MR) is 163 cm³/mol. The first-order valence-electron chi connectivity index (χ1n) is 13.3. The minimum atomic E-state index is -0.827. The first kappa shape index (κ1) is 28.6. The van der Waals surface area contributed by atoms with Crippen molar-refractivity contribution in [3.8, 4) is 17.2 Å². The van der Waals surface area contributed by atoms with E-state index in [-0.39, 0.29) is 17.7 Å². The van der Waals surface area contributed by atoms with Gasteiger partial charge in [0.15, 0.2) is 16.3 Å². The second kappa shape index (κ2) is 12.7. The Morgan fingerprint density at radius 2 is 1.76 bits per heavy atom. The van der Waals surface area contributed by atoms with Gasteiger partial charge in [-0.15, -0.1) is 0 Å². The molecule has 1 aliphatic rings. The third kappa shape index (κ3) is 5.64. The van der Waals surface area contributed by atoms with Crippen LogP contribution >= 0.6 is 11.3 Å². The van der Waals surface area contributed by atoms with Crippen LogP contribution in [0.25, 0.3) is 11.8 Å². The Kier molecular flexibility index (Phi) is 8.68. The molecule has 0 saturated heterocycles. The number of esters is 1. The fourth-order valence-corrected chi connectivity index (χ4v) is 5.75. The molecular weight excluding hydrogens is 552 g/mol. The molecule has 0 spiro atoms. The molecule has 1 atom stereocenters. The monoisotopic (exact) mass is 582 g/mol. The van der Waals surface area contributed by atoms with E-state index in [9.17, 15) is 9.59 Å². The molecule has 5 rings (SSSR count). The highest BCUT2D eigenvalue weighted by atomic mass is 32.1. The van der Waals surface area contributed by atoms with Crippen molar-refractivity contribution < 1.29 is 23.7 Å². The molecule has 0 radical (unpaired) electrons. The molecule has 214 valence electrons. The molecule has 3 aromatic carbocycles. The number of aromatic nitrogens is 1. The van der Waals surface area contributed by atoms with Crippen molar-refractivity contribution in [3.63, 3.8) is 0 Å². The lowest BCUT2D eigenvalue weighted by Crippen LogP contribution is -2.40. The quantitative estimate of drug-likeness (QED) is 0.202. The van der Waals surface area contributed by atoms with Gasteiger partial charge in [0, 0.05) is 5.56 Å². The Morgan fingerprint density at radius 3 is 2.43 bits per heavy atom. The largest absolute Gasteiger partial charge is 0.493 e. The molecule has 1 aromatic heterocycles. The molecule has 0 saturated carbocycles. The number of hydrogen-bond donors (Lipinski definition) is 0. The van der Waals surface area contributed by atoms with Crippen LogP contribution in [0.15, 0.2) is 101 Å². The standard InChI is InChI=1S/C33H30N2O6S/c1-5-18-41-24-15-12-21(13-16-24)19-27-31(36)35-30(23-14-17-25(38-3)26(20-23)39-4)28(32(37)40-6-2)29(34-33(35)42-27)22-10-8-7-9-11-22/h5,7-17,19-20,30H,1,6,18H2,2-4H3/b27-19-/t30-/m0/s1. The molecule has 0 bridgehead atoms. The van der Waals surface area contributed by atoms with E-state index in [2.05, 4.69) is 6.58 Å². The van der Waals surface area contributed by atoms with Gasteiger partial charge in [-0.05, 0) is 48.4 Å². The highest BCUT2D eigenvalue weighted by molar-refractivity contribution is 7.07. The molecule has 0 aliphatic carbocycles. The van der Waals surface area contributed by atoms with Crippen molar-refractivity contribution in [2.45, 2.75) is 13.0 Å². The van der Waals surface area contributed by atoms with Crippen LogP contribution in [0.4, 0.5) is 0 Å². The summed E-state index contributed by atoms with van der Waals surface area (Å²) in [6.45, 7) is 5.98. The van der Waals surface area contributed by atoms with Crippen LogP contribution in [0.3, 0.4) is 0 Å². The van der Waals surface area contributed by atoms with Gasteiger partial charge >= 0.3 is 5.97 Å². The predicted octanol–water partition coefficient (Wildman–Crippen LogP) is 4.52. The molecular formula is C33H30N2O6S. The molecule has 1 aliphatic heterocycles. The maximum atomic E-state index is 14.1. The summed E-state index contributed by atoms with van der Waals surface area (Å²) in [5.41, 5.74) is 2.64. The van der Waals surface area contributed by atoms with Gasteiger partial charge in [0.25, 0.3) is 5.56 Å². The molecule has 0 N–H and O–H groups in total. The van der Waals surface area contributed by atoms with E-state index in [4.69, 9.17) is 23.9 Å². The van der Waals surface area contributed by atoms with Crippen molar-refractivity contribution in [1.29, 1.82) is 0 Å². The van der Waals surface area contributed by atoms with E-state index in [1.807, 2.05) is 66.7 Å². The second-order valence-corrected chi connectivity index (χ2v) is 10.2. The molecule has 8 nitrogen and oxygen atoms in total. The van der Waals surface area contributed by atoms with Crippen LogP contribution in [0.5, 0.6) is 17.2 Å². The Morgan fingerprint density at radius 1 is 1.02 bits per heavy atom. The van der Waals surface area contributed by atoms with Crippen LogP contribution < -0.4 is 29.1 Å². The minimum Gasteiger partial charge on any atom is -0.493 e. The molecule has 2 heterocycles. The highest BCUT2D eigenvalue weighted by Crippen LogP contribution is 2.38. The van der Waals surface area contributed by atoms with E-state index in [0.29, 0.717) is 44.4 Å². The zero-order valence-corrected chi connectivity index (χ0v) is 24.4. The fraction of sp³-hybridized carbons (Fsp3) is 0.182. The van der Waals surface area contributed by atoms with Crippen LogP contribution in [0.2, 0.25) is 0 Å². The lowest BCUT2D eigenvalue weighted by atomic mass is 9.93. The summed E-state index contributed by atoms with van der Waals surface area (Å²) in [5, 5.41) is 0. The minimum absolute atomic E-state index is 0.167. The number of carbonyl (C=O) groups excluding carboxylic acids is 1. The smallest absolute Gasteiger partial charge is 0.338 e. The summed E-state index contributed by atoms with van der Waals surface area (Å²) in [6.07, 6.45) is 3.49. The Labute approximate surface area is 247 Å². The van der Waals surface area contributed by atoms with Crippen molar-refractivity contribution in [2.75, 3.05) is 27.4 Å². The van der Waals surface area contributed by atoms with E-state index in [1.165, 1.54) is 18.4 Å². The van der Waals surface area contributed by atoms with Crippen molar-refractivity contribution >= 4 is 29.1 Å². The van der Waals surface area contributed by atoms with Crippen molar-refractivity contribution in [3.05, 3.63) is 127 Å². The Hall–Kier alpha value is -4.89. The number of fused-ring (bicyclic) bond motifs is 1. The maximum absolute atomic E-state index is 14.1. The Balaban J connectivity index is 1.76. The molecule has 42 heavy (non-hydrogen) atoms. The van der Waals surface area contributed by atoms with Gasteiger partial charge in [-0.25, -0.2) is 9.79 Å². The van der Waals surface area contributed by atoms with E-state index >= 15 is 0 Å². The van der Waals surface area contributed by atoms with Crippen LogP contribution in [-0.2, 0) is 9.53 Å². The van der Waals surface area contributed by atoms with Crippen LogP contribution in [0, 0.1) is 0 Å². The zero-order chi connectivity index (χ0) is 29.6. The van der Waals surface area contributed by atoms with Crippen LogP contribution in [0.1, 0.15) is 29.7 Å². The summed E-state index contributed by atoms with van der Waals surface area (Å²) >= 11 is 1.26. The van der Waals surface area contributed by atoms with Gasteiger partial charge in [-0.1, -0.05) is 72.5 Å². The van der Waals surface area contributed by atoms with Gasteiger partial charge in [0.2, 0.25) is 0 Å². The van der Waals surface area contributed by atoms with E-state index in [1.54, 1.807) is 36.8 Å². The first-order valence-corrected chi connectivity index (χ1v) is 14.1. The summed E-state index contributed by atoms with van der Waals surface area (Å²) in [7, 11) is 3.09. The van der Waals surface area contributed by atoms with Gasteiger partial charge in [0.1, 0.15) is 12.4 Å². The Bertz CT molecular complexity index is 1820. The van der Waals surface area contributed by atoms with E-state index < -0.39 is 12.0 Å². The average Bonchev–Trinajstić information content (AvgIpc) is 3.34. The summed E-state index contributed by atoms with van der Waals surface area (Å²) < 4.78 is 24.1. The first-order chi connectivity index (χ1) is 20.5. The summed E-state index contributed by atoms with van der Waals surface area (Å²) in [4.78, 5) is 33.0. The third-order valence-corrected chi connectivity index (χ3v) is 7.63. The fourth-order valence-electron chi connectivity index (χ4n) is 4.75. The number of carbonyl (C=O) groups is 1. The lowest BCUT2D eigenvalue weighted by Gasteiger charge is -2.26. The zero-order valence-electron chi connectivity index (χ0n) is 23.5. The molecule has 9 heteroatoms. The van der Waals surface area contributed by atoms with E-state index in [0.717, 1.165) is 11.1 Å². The van der Waals surface area contributed by atoms with Crippen molar-refractivity contribution in [2.24, 2.45) is 4.99 Å². The number of benzene rings is 3. The number of rotatable bonds is 10. The third-order valence-electron chi connectivity index (χ3n) is 6.64. The average molecular weight is 583 g/mol. The number of hydrogen-bond acceptors (Lipinski definition) is 8. The number of nitrogens with zero attached hydrogens (tertiary/aromatic N) is 2. The second-order valence-electron chi connectivity index (χ2n) is 9.21. The van der Waals surface area contributed by atoms with Gasteiger partial charge in [-0.3, -0.25) is 9.36 Å². The highest BCUT2D eigenvalue weighted by Gasteiger charge is 2.35. The molecule has 0 fully saturated rings. The normalized spacial score (nSPS) is 14.5. The molecule has 4 aromatic rings. The molecule has 0 amide bonds. The summed E-state index contributed by atoms with van der Waals surface area (Å²) in [6, 6.07) is 21.4. The van der Waals surface area contributed by atoms with Gasteiger partial charge in [0.05, 0.1) is 42.7 Å². The maximum Gasteiger partial charge on any atom is 0.338 e.